The van der Waals surface area contributed by atoms with Crippen LogP contribution < -0.4 is 0 Å². The smallest absolute Gasteiger partial charge is 0.101 e. The number of nitrogens with zero attached hydrogens (tertiary/aromatic N) is 3. The fraction of sp³-hybridized carbons (Fsp3) is 0.0588. The number of aryl methyl sites for hydroxylation is 1. The van der Waals surface area contributed by atoms with E-state index in [-0.39, 0.29) is 0 Å². The van der Waals surface area contributed by atoms with Gasteiger partial charge in [-0.15, -0.1) is 11.3 Å². The van der Waals surface area contributed by atoms with Gasteiger partial charge in [-0.1, -0.05) is 12.1 Å². The fourth-order valence-corrected chi connectivity index (χ4v) is 3.54. The molecule has 0 amide bonds. The minimum absolute atomic E-state index is 0.693. The molecule has 4 rings (SSSR count). The third-order valence-corrected chi connectivity index (χ3v) is 4.52. The van der Waals surface area contributed by atoms with Gasteiger partial charge >= 0.3 is 0 Å². The number of hydrogen-bond donors (Lipinski definition) is 0. The Hall–Kier alpha value is -2.64. The molecule has 4 heteroatoms. The predicted octanol–water partition coefficient (Wildman–Crippen LogP) is 4.42. The highest BCUT2D eigenvalue weighted by atomic mass is 32.1. The second-order valence-electron chi connectivity index (χ2n) is 4.93. The first kappa shape index (κ1) is 12.1. The quantitative estimate of drug-likeness (QED) is 0.520. The van der Waals surface area contributed by atoms with Crippen LogP contribution in [0.25, 0.3) is 26.8 Å². The van der Waals surface area contributed by atoms with Crippen LogP contribution in [0.2, 0.25) is 0 Å². The number of thiazole rings is 1. The first-order valence-electron chi connectivity index (χ1n) is 6.64. The largest absolute Gasteiger partial charge is 0.315 e. The number of hydrogen-bond acceptors (Lipinski definition) is 3. The van der Waals surface area contributed by atoms with Gasteiger partial charge in [-0.2, -0.15) is 5.26 Å². The molecule has 2 aromatic heterocycles. The molecule has 0 atom stereocenters. The SMILES string of the molecule is Cc1nc2ccc(-n3ccc4cccc(C#N)c43)cc2s1. The summed E-state index contributed by atoms with van der Waals surface area (Å²) in [5, 5.41) is 11.5. The van der Waals surface area contributed by atoms with E-state index in [9.17, 15) is 5.26 Å². The normalized spacial score (nSPS) is 11.0. The van der Waals surface area contributed by atoms with E-state index >= 15 is 0 Å². The molecule has 21 heavy (non-hydrogen) atoms. The Morgan fingerprint density at radius 3 is 2.95 bits per heavy atom. The van der Waals surface area contributed by atoms with Crippen molar-refractivity contribution in [2.24, 2.45) is 0 Å². The number of benzene rings is 2. The van der Waals surface area contributed by atoms with Gasteiger partial charge in [0, 0.05) is 17.3 Å². The van der Waals surface area contributed by atoms with E-state index in [4.69, 9.17) is 0 Å². The van der Waals surface area contributed by atoms with Crippen LogP contribution in [0.1, 0.15) is 10.6 Å². The van der Waals surface area contributed by atoms with Crippen molar-refractivity contribution >= 4 is 32.5 Å². The van der Waals surface area contributed by atoms with Gasteiger partial charge in [0.2, 0.25) is 0 Å². The summed E-state index contributed by atoms with van der Waals surface area (Å²) < 4.78 is 3.24. The van der Waals surface area contributed by atoms with Gasteiger partial charge in [0.1, 0.15) is 6.07 Å². The van der Waals surface area contributed by atoms with Crippen molar-refractivity contribution in [1.29, 1.82) is 5.26 Å². The molecule has 0 saturated carbocycles. The zero-order chi connectivity index (χ0) is 14.4. The molecular formula is C17H11N3S. The molecule has 4 aromatic rings. The van der Waals surface area contributed by atoms with Crippen LogP contribution in [0.5, 0.6) is 0 Å². The molecule has 100 valence electrons. The van der Waals surface area contributed by atoms with Crippen LogP contribution in [-0.2, 0) is 0 Å². The van der Waals surface area contributed by atoms with Gasteiger partial charge in [0.05, 0.1) is 26.3 Å². The number of para-hydroxylation sites is 1. The van der Waals surface area contributed by atoms with E-state index in [1.54, 1.807) is 11.3 Å². The number of aromatic nitrogens is 2. The van der Waals surface area contributed by atoms with Gasteiger partial charge in [0.15, 0.2) is 0 Å². The second-order valence-corrected chi connectivity index (χ2v) is 6.16. The van der Waals surface area contributed by atoms with Crippen LogP contribution in [0.3, 0.4) is 0 Å². The summed E-state index contributed by atoms with van der Waals surface area (Å²) in [6.07, 6.45) is 2.01. The third kappa shape index (κ3) is 1.83. The summed E-state index contributed by atoms with van der Waals surface area (Å²) in [6.45, 7) is 2.02. The highest BCUT2D eigenvalue weighted by Gasteiger charge is 2.09. The number of fused-ring (bicyclic) bond motifs is 2. The summed E-state index contributed by atoms with van der Waals surface area (Å²) in [5.41, 5.74) is 3.74. The van der Waals surface area contributed by atoms with E-state index in [2.05, 4.69) is 27.8 Å². The molecule has 0 aliphatic carbocycles. The van der Waals surface area contributed by atoms with E-state index in [0.717, 1.165) is 27.1 Å². The van der Waals surface area contributed by atoms with Crippen molar-refractivity contribution in [2.45, 2.75) is 6.92 Å². The molecular weight excluding hydrogens is 278 g/mol. The Kier molecular flexibility index (Phi) is 2.56. The van der Waals surface area contributed by atoms with E-state index in [0.29, 0.717) is 5.56 Å². The molecule has 0 aliphatic heterocycles. The monoisotopic (exact) mass is 289 g/mol. The average molecular weight is 289 g/mol. The van der Waals surface area contributed by atoms with Crippen molar-refractivity contribution in [2.75, 3.05) is 0 Å². The number of nitriles is 1. The molecule has 2 aromatic carbocycles. The molecule has 0 unspecified atom stereocenters. The Labute approximate surface area is 125 Å². The maximum Gasteiger partial charge on any atom is 0.101 e. The fourth-order valence-electron chi connectivity index (χ4n) is 2.68. The lowest BCUT2D eigenvalue weighted by atomic mass is 10.1. The second kappa shape index (κ2) is 4.44. The van der Waals surface area contributed by atoms with Gasteiger partial charge in [-0.3, -0.25) is 0 Å². The van der Waals surface area contributed by atoms with Gasteiger partial charge in [-0.05, 0) is 37.3 Å². The predicted molar refractivity (Wildman–Crippen MR) is 85.9 cm³/mol. The lowest BCUT2D eigenvalue weighted by Crippen LogP contribution is -1.93. The maximum atomic E-state index is 9.33. The van der Waals surface area contributed by atoms with Crippen molar-refractivity contribution < 1.29 is 0 Å². The molecule has 0 N–H and O–H groups in total. The zero-order valence-corrected chi connectivity index (χ0v) is 12.2. The maximum absolute atomic E-state index is 9.33. The van der Waals surface area contributed by atoms with E-state index in [1.165, 1.54) is 4.70 Å². The minimum atomic E-state index is 0.693. The van der Waals surface area contributed by atoms with Crippen LogP contribution in [0.15, 0.2) is 48.7 Å². The summed E-state index contributed by atoms with van der Waals surface area (Å²) in [6, 6.07) is 16.3. The van der Waals surface area contributed by atoms with Gasteiger partial charge in [0.25, 0.3) is 0 Å². The summed E-state index contributed by atoms with van der Waals surface area (Å²) in [4.78, 5) is 4.49. The zero-order valence-electron chi connectivity index (χ0n) is 11.4. The van der Waals surface area contributed by atoms with Crippen molar-refractivity contribution in [3.05, 3.63) is 59.2 Å². The molecule has 0 saturated heterocycles. The van der Waals surface area contributed by atoms with Crippen LogP contribution in [0, 0.1) is 18.3 Å². The topological polar surface area (TPSA) is 41.6 Å². The molecule has 0 aliphatic rings. The van der Waals surface area contributed by atoms with Crippen LogP contribution in [0.4, 0.5) is 0 Å². The van der Waals surface area contributed by atoms with E-state index in [1.807, 2.05) is 43.5 Å². The molecule has 0 radical (unpaired) electrons. The van der Waals surface area contributed by atoms with Crippen LogP contribution in [-0.4, -0.2) is 9.55 Å². The first-order valence-corrected chi connectivity index (χ1v) is 7.46. The molecule has 2 heterocycles. The third-order valence-electron chi connectivity index (χ3n) is 3.59. The van der Waals surface area contributed by atoms with Crippen molar-refractivity contribution in [3.63, 3.8) is 0 Å². The standard InChI is InChI=1S/C17H11N3S/c1-11-19-15-6-5-14(9-16(15)21-11)20-8-7-12-3-2-4-13(10-18)17(12)20/h2-9H,1H3. The van der Waals surface area contributed by atoms with Gasteiger partial charge in [-0.25, -0.2) is 4.98 Å². The minimum Gasteiger partial charge on any atom is -0.315 e. The molecule has 3 nitrogen and oxygen atoms in total. The van der Waals surface area contributed by atoms with Crippen molar-refractivity contribution in [1.82, 2.24) is 9.55 Å². The summed E-state index contributed by atoms with van der Waals surface area (Å²) >= 11 is 1.69. The van der Waals surface area contributed by atoms with Crippen molar-refractivity contribution in [3.8, 4) is 11.8 Å². The Bertz CT molecular complexity index is 1020. The molecule has 0 bridgehead atoms. The van der Waals surface area contributed by atoms with Gasteiger partial charge < -0.3 is 4.57 Å². The Morgan fingerprint density at radius 1 is 1.19 bits per heavy atom. The lowest BCUT2D eigenvalue weighted by Gasteiger charge is -2.06. The molecule has 0 fully saturated rings. The van der Waals surface area contributed by atoms with Crippen LogP contribution >= 0.6 is 11.3 Å². The highest BCUT2D eigenvalue weighted by molar-refractivity contribution is 7.18. The average Bonchev–Trinajstić information content (AvgIpc) is 3.08. The highest BCUT2D eigenvalue weighted by Crippen LogP contribution is 2.28. The summed E-state index contributed by atoms with van der Waals surface area (Å²) in [5.74, 6) is 0. The first-order chi connectivity index (χ1) is 10.3. The lowest BCUT2D eigenvalue weighted by molar-refractivity contribution is 1.13. The number of rotatable bonds is 1. The Balaban J connectivity index is 2.02. The molecule has 0 spiro atoms. The van der Waals surface area contributed by atoms with E-state index < -0.39 is 0 Å². The Morgan fingerprint density at radius 2 is 2.10 bits per heavy atom. The summed E-state index contributed by atoms with van der Waals surface area (Å²) in [7, 11) is 0.